The van der Waals surface area contributed by atoms with Gasteiger partial charge in [0.05, 0.1) is 0 Å². The van der Waals surface area contributed by atoms with Crippen molar-refractivity contribution in [2.45, 2.75) is 19.3 Å². The minimum absolute atomic E-state index is 0.0281. The van der Waals surface area contributed by atoms with Crippen molar-refractivity contribution < 1.29 is 9.18 Å². The van der Waals surface area contributed by atoms with Gasteiger partial charge >= 0.3 is 0 Å². The first-order valence-electron chi connectivity index (χ1n) is 6.60. The number of carbonyl (C=O) groups excluding carboxylic acids is 1. The third-order valence-corrected chi connectivity index (χ3v) is 3.85. The molecule has 0 heterocycles. The van der Waals surface area contributed by atoms with Crippen molar-refractivity contribution in [3.05, 3.63) is 71.0 Å². The lowest BCUT2D eigenvalue weighted by molar-refractivity contribution is 0.0908. The average molecular weight is 254 g/mol. The topological polar surface area (TPSA) is 17.1 Å². The lowest BCUT2D eigenvalue weighted by Gasteiger charge is -2.23. The second kappa shape index (κ2) is 4.96. The normalized spacial score (nSPS) is 17.8. The van der Waals surface area contributed by atoms with E-state index in [1.807, 2.05) is 12.1 Å². The SMILES string of the molecule is O=C(c1ccc(F)cc1)C1CCc2ccccc2C1. The van der Waals surface area contributed by atoms with Gasteiger partial charge in [-0.1, -0.05) is 24.3 Å². The molecule has 2 aromatic carbocycles. The van der Waals surface area contributed by atoms with Gasteiger partial charge in [-0.3, -0.25) is 4.79 Å². The number of ketones is 1. The Bertz CT molecular complexity index is 601. The molecule has 0 bridgehead atoms. The highest BCUT2D eigenvalue weighted by atomic mass is 19.1. The quantitative estimate of drug-likeness (QED) is 0.745. The lowest BCUT2D eigenvalue weighted by atomic mass is 9.80. The van der Waals surface area contributed by atoms with Crippen LogP contribution in [0, 0.1) is 11.7 Å². The molecular formula is C17H15FO. The van der Waals surface area contributed by atoms with Crippen molar-refractivity contribution >= 4 is 5.78 Å². The summed E-state index contributed by atoms with van der Waals surface area (Å²) in [7, 11) is 0. The highest BCUT2D eigenvalue weighted by molar-refractivity contribution is 5.98. The molecule has 19 heavy (non-hydrogen) atoms. The molecule has 0 spiro atoms. The Morgan fingerprint density at radius 3 is 2.42 bits per heavy atom. The standard InChI is InChI=1S/C17H15FO/c18-16-9-7-13(8-10-16)17(19)15-6-5-12-3-1-2-4-14(12)11-15/h1-4,7-10,15H,5-6,11H2. The molecule has 1 aliphatic rings. The maximum absolute atomic E-state index is 12.9. The van der Waals surface area contributed by atoms with Crippen LogP contribution in [0.2, 0.25) is 0 Å². The summed E-state index contributed by atoms with van der Waals surface area (Å²) in [5, 5.41) is 0. The van der Waals surface area contributed by atoms with Gasteiger partial charge in [-0.15, -0.1) is 0 Å². The highest BCUT2D eigenvalue weighted by Gasteiger charge is 2.25. The van der Waals surface area contributed by atoms with Crippen molar-refractivity contribution in [2.24, 2.45) is 5.92 Å². The van der Waals surface area contributed by atoms with Gasteiger partial charge in [0.2, 0.25) is 0 Å². The summed E-state index contributed by atoms with van der Waals surface area (Å²) in [5.74, 6) is -0.139. The molecule has 1 unspecified atom stereocenters. The summed E-state index contributed by atoms with van der Waals surface area (Å²) in [4.78, 5) is 12.4. The molecule has 96 valence electrons. The van der Waals surface area contributed by atoms with Gasteiger partial charge in [0, 0.05) is 11.5 Å². The van der Waals surface area contributed by atoms with Crippen LogP contribution in [0.5, 0.6) is 0 Å². The lowest BCUT2D eigenvalue weighted by Crippen LogP contribution is -2.22. The number of aryl methyl sites for hydroxylation is 1. The summed E-state index contributed by atoms with van der Waals surface area (Å²) in [5.41, 5.74) is 3.24. The molecule has 0 aliphatic heterocycles. The molecule has 3 rings (SSSR count). The number of hydrogen-bond acceptors (Lipinski definition) is 1. The average Bonchev–Trinajstić information content (AvgIpc) is 2.47. The Balaban J connectivity index is 1.81. The van der Waals surface area contributed by atoms with Gasteiger partial charge in [0.25, 0.3) is 0 Å². The second-order valence-electron chi connectivity index (χ2n) is 5.08. The zero-order valence-electron chi connectivity index (χ0n) is 10.6. The number of rotatable bonds is 2. The molecular weight excluding hydrogens is 239 g/mol. The second-order valence-corrected chi connectivity index (χ2v) is 5.08. The van der Waals surface area contributed by atoms with E-state index in [-0.39, 0.29) is 17.5 Å². The summed E-state index contributed by atoms with van der Waals surface area (Å²) < 4.78 is 12.9. The van der Waals surface area contributed by atoms with E-state index in [0.29, 0.717) is 5.56 Å². The van der Waals surface area contributed by atoms with Crippen LogP contribution in [-0.4, -0.2) is 5.78 Å². The zero-order valence-corrected chi connectivity index (χ0v) is 10.6. The Hall–Kier alpha value is -1.96. The van der Waals surface area contributed by atoms with E-state index in [0.717, 1.165) is 19.3 Å². The number of hydrogen-bond donors (Lipinski definition) is 0. The monoisotopic (exact) mass is 254 g/mol. The van der Waals surface area contributed by atoms with Crippen LogP contribution in [0.4, 0.5) is 4.39 Å². The first-order valence-corrected chi connectivity index (χ1v) is 6.60. The van der Waals surface area contributed by atoms with Crippen LogP contribution in [0.1, 0.15) is 27.9 Å². The van der Waals surface area contributed by atoms with E-state index >= 15 is 0 Å². The fourth-order valence-corrected chi connectivity index (χ4v) is 2.77. The van der Waals surface area contributed by atoms with Gasteiger partial charge in [-0.2, -0.15) is 0 Å². The van der Waals surface area contributed by atoms with E-state index < -0.39 is 0 Å². The van der Waals surface area contributed by atoms with Crippen molar-refractivity contribution in [1.29, 1.82) is 0 Å². The molecule has 0 N–H and O–H groups in total. The van der Waals surface area contributed by atoms with E-state index in [2.05, 4.69) is 12.1 Å². The maximum atomic E-state index is 12.9. The fraction of sp³-hybridized carbons (Fsp3) is 0.235. The molecule has 1 aliphatic carbocycles. The van der Waals surface area contributed by atoms with Crippen LogP contribution in [0.3, 0.4) is 0 Å². The highest BCUT2D eigenvalue weighted by Crippen LogP contribution is 2.27. The van der Waals surface area contributed by atoms with Gasteiger partial charge in [0.15, 0.2) is 5.78 Å². The molecule has 0 amide bonds. The largest absolute Gasteiger partial charge is 0.294 e. The summed E-state index contributed by atoms with van der Waals surface area (Å²) in [6.07, 6.45) is 2.63. The van der Waals surface area contributed by atoms with Crippen LogP contribution in [0.15, 0.2) is 48.5 Å². The molecule has 0 radical (unpaired) electrons. The van der Waals surface area contributed by atoms with E-state index in [1.165, 1.54) is 23.3 Å². The predicted molar refractivity (Wildman–Crippen MR) is 72.7 cm³/mol. The number of benzene rings is 2. The van der Waals surface area contributed by atoms with Gasteiger partial charge in [-0.05, 0) is 54.7 Å². The van der Waals surface area contributed by atoms with Crippen molar-refractivity contribution in [1.82, 2.24) is 0 Å². The summed E-state index contributed by atoms with van der Waals surface area (Å²) in [6.45, 7) is 0. The van der Waals surface area contributed by atoms with Gasteiger partial charge in [0.1, 0.15) is 5.82 Å². The molecule has 2 heteroatoms. The third-order valence-electron chi connectivity index (χ3n) is 3.85. The zero-order chi connectivity index (χ0) is 13.2. The summed E-state index contributed by atoms with van der Waals surface area (Å²) >= 11 is 0. The number of carbonyl (C=O) groups is 1. The van der Waals surface area contributed by atoms with Crippen LogP contribution in [0.25, 0.3) is 0 Å². The molecule has 0 aromatic heterocycles. The fourth-order valence-electron chi connectivity index (χ4n) is 2.77. The Kier molecular flexibility index (Phi) is 3.16. The van der Waals surface area contributed by atoms with Crippen molar-refractivity contribution in [2.75, 3.05) is 0 Å². The van der Waals surface area contributed by atoms with E-state index in [9.17, 15) is 9.18 Å². The summed E-state index contributed by atoms with van der Waals surface area (Å²) in [6, 6.07) is 14.2. The number of halogens is 1. The number of fused-ring (bicyclic) bond motifs is 1. The first-order chi connectivity index (χ1) is 9.24. The van der Waals surface area contributed by atoms with E-state index in [1.54, 1.807) is 12.1 Å². The number of Topliss-reactive ketones (excluding diaryl/α,β-unsaturated/α-hetero) is 1. The van der Waals surface area contributed by atoms with Crippen LogP contribution >= 0.6 is 0 Å². The van der Waals surface area contributed by atoms with Crippen molar-refractivity contribution in [3.8, 4) is 0 Å². The first kappa shape index (κ1) is 12.1. The van der Waals surface area contributed by atoms with Crippen LogP contribution < -0.4 is 0 Å². The van der Waals surface area contributed by atoms with Gasteiger partial charge in [-0.25, -0.2) is 4.39 Å². The predicted octanol–water partition coefficient (Wildman–Crippen LogP) is 3.81. The van der Waals surface area contributed by atoms with Gasteiger partial charge < -0.3 is 0 Å². The Labute approximate surface area is 112 Å². The molecule has 2 aromatic rings. The minimum atomic E-state index is -0.300. The molecule has 1 atom stereocenters. The molecule has 0 saturated heterocycles. The third kappa shape index (κ3) is 2.43. The van der Waals surface area contributed by atoms with Crippen molar-refractivity contribution in [3.63, 3.8) is 0 Å². The smallest absolute Gasteiger partial charge is 0.166 e. The Morgan fingerprint density at radius 2 is 1.68 bits per heavy atom. The molecule has 1 nitrogen and oxygen atoms in total. The van der Waals surface area contributed by atoms with E-state index in [4.69, 9.17) is 0 Å². The Morgan fingerprint density at radius 1 is 1.00 bits per heavy atom. The van der Waals surface area contributed by atoms with Crippen LogP contribution in [-0.2, 0) is 12.8 Å². The molecule has 0 saturated carbocycles. The maximum Gasteiger partial charge on any atom is 0.166 e. The minimum Gasteiger partial charge on any atom is -0.294 e. The molecule has 0 fully saturated rings.